The third-order valence-corrected chi connectivity index (χ3v) is 1.21. The zero-order valence-corrected chi connectivity index (χ0v) is 8.13. The monoisotopic (exact) mass is 171 g/mol. The lowest BCUT2D eigenvalue weighted by Crippen LogP contribution is -2.44. The highest BCUT2D eigenvalue weighted by Gasteiger charge is 2.00. The number of hydrogen-bond donors (Lipinski definition) is 2. The summed E-state index contributed by atoms with van der Waals surface area (Å²) in [4.78, 5) is 9.80. The fourth-order valence-corrected chi connectivity index (χ4v) is 0.613. The molecule has 3 N–H and O–H groups in total. The van der Waals surface area contributed by atoms with E-state index in [-0.39, 0.29) is 0 Å². The molecule has 0 saturated heterocycles. The molecule has 0 amide bonds. The van der Waals surface area contributed by atoms with Gasteiger partial charge >= 0.3 is 0 Å². The molecule has 0 aromatic carbocycles. The van der Waals surface area contributed by atoms with E-state index >= 15 is 0 Å². The molecule has 0 aliphatic heterocycles. The van der Waals surface area contributed by atoms with Gasteiger partial charge < -0.3 is 10.6 Å². The van der Waals surface area contributed by atoms with E-state index in [1.165, 1.54) is 0 Å². The van der Waals surface area contributed by atoms with Gasteiger partial charge in [-0.1, -0.05) is 0 Å². The number of guanidine groups is 2. The first kappa shape index (κ1) is 10.7. The largest absolute Gasteiger partial charge is 0.370 e. The summed E-state index contributed by atoms with van der Waals surface area (Å²) in [5, 5.41) is 2.87. The number of aliphatic imine (C=N–C) groups is 2. The SMILES string of the molecule is CCN=C(NC(N)=NC)N(C)C. The van der Waals surface area contributed by atoms with Crippen molar-refractivity contribution in [1.29, 1.82) is 0 Å². The summed E-state index contributed by atoms with van der Waals surface area (Å²) in [6.07, 6.45) is 0. The molecule has 70 valence electrons. The standard InChI is InChI=1S/C7H17N5/c1-5-10-7(12(3)4)11-6(8)9-2/h5H2,1-4H3,(H3,8,9,10,11). The second-order valence-electron chi connectivity index (χ2n) is 2.43. The number of rotatable bonds is 1. The molecule has 0 saturated carbocycles. The van der Waals surface area contributed by atoms with E-state index in [2.05, 4.69) is 15.3 Å². The minimum atomic E-state index is 0.371. The Morgan fingerprint density at radius 1 is 1.50 bits per heavy atom. The van der Waals surface area contributed by atoms with Crippen molar-refractivity contribution in [3.8, 4) is 0 Å². The molecule has 0 bridgehead atoms. The average Bonchev–Trinajstić information content (AvgIpc) is 2.03. The van der Waals surface area contributed by atoms with Crippen LogP contribution in [0.15, 0.2) is 9.98 Å². The molecule has 12 heavy (non-hydrogen) atoms. The van der Waals surface area contributed by atoms with Crippen molar-refractivity contribution in [3.05, 3.63) is 0 Å². The van der Waals surface area contributed by atoms with Gasteiger partial charge in [0, 0.05) is 27.7 Å². The summed E-state index contributed by atoms with van der Waals surface area (Å²) >= 11 is 0. The Bertz CT molecular complexity index is 182. The minimum Gasteiger partial charge on any atom is -0.370 e. The van der Waals surface area contributed by atoms with Gasteiger partial charge in [0.1, 0.15) is 0 Å². The van der Waals surface area contributed by atoms with E-state index in [0.717, 1.165) is 12.5 Å². The van der Waals surface area contributed by atoms with E-state index in [4.69, 9.17) is 5.73 Å². The van der Waals surface area contributed by atoms with Crippen LogP contribution in [0.2, 0.25) is 0 Å². The second kappa shape index (κ2) is 5.40. The fourth-order valence-electron chi connectivity index (χ4n) is 0.613. The fraction of sp³-hybridized carbons (Fsp3) is 0.714. The summed E-state index contributed by atoms with van der Waals surface area (Å²) in [6.45, 7) is 2.68. The van der Waals surface area contributed by atoms with E-state index < -0.39 is 0 Å². The minimum absolute atomic E-state index is 0.371. The molecule has 0 rings (SSSR count). The first-order valence-electron chi connectivity index (χ1n) is 3.82. The predicted molar refractivity (Wildman–Crippen MR) is 52.3 cm³/mol. The van der Waals surface area contributed by atoms with Gasteiger partial charge in [-0.05, 0) is 6.92 Å². The lowest BCUT2D eigenvalue weighted by atomic mass is 10.7. The third-order valence-electron chi connectivity index (χ3n) is 1.21. The van der Waals surface area contributed by atoms with Gasteiger partial charge in [0.15, 0.2) is 11.9 Å². The first-order chi connectivity index (χ1) is 5.61. The lowest BCUT2D eigenvalue weighted by Gasteiger charge is -2.16. The third kappa shape index (κ3) is 3.80. The van der Waals surface area contributed by atoms with Crippen molar-refractivity contribution in [3.63, 3.8) is 0 Å². The van der Waals surface area contributed by atoms with Gasteiger partial charge in [-0.2, -0.15) is 0 Å². The van der Waals surface area contributed by atoms with Gasteiger partial charge in [-0.15, -0.1) is 0 Å². The maximum absolute atomic E-state index is 5.47. The van der Waals surface area contributed by atoms with Crippen molar-refractivity contribution in [2.45, 2.75) is 6.92 Å². The molecular weight excluding hydrogens is 154 g/mol. The molecule has 0 unspecified atom stereocenters. The average molecular weight is 171 g/mol. The highest BCUT2D eigenvalue weighted by molar-refractivity contribution is 5.97. The second-order valence-corrected chi connectivity index (χ2v) is 2.43. The summed E-state index contributed by atoms with van der Waals surface area (Å²) in [6, 6.07) is 0. The zero-order chi connectivity index (χ0) is 9.56. The number of hydrogen-bond acceptors (Lipinski definition) is 2. The van der Waals surface area contributed by atoms with Gasteiger partial charge in [-0.25, -0.2) is 0 Å². The molecule has 0 radical (unpaired) electrons. The first-order valence-corrected chi connectivity index (χ1v) is 3.82. The van der Waals surface area contributed by atoms with Gasteiger partial charge in [0.05, 0.1) is 0 Å². The summed E-state index contributed by atoms with van der Waals surface area (Å²) in [7, 11) is 5.41. The quantitative estimate of drug-likeness (QED) is 0.411. The van der Waals surface area contributed by atoms with Crippen LogP contribution in [0, 0.1) is 0 Å². The maximum atomic E-state index is 5.47. The Morgan fingerprint density at radius 2 is 2.08 bits per heavy atom. The molecule has 0 fully saturated rings. The van der Waals surface area contributed by atoms with E-state index in [9.17, 15) is 0 Å². The summed E-state index contributed by atoms with van der Waals surface area (Å²) in [5.74, 6) is 1.09. The normalized spacial score (nSPS) is 13.0. The van der Waals surface area contributed by atoms with Crippen LogP contribution in [0.3, 0.4) is 0 Å². The molecule has 0 aliphatic carbocycles. The number of nitrogens with zero attached hydrogens (tertiary/aromatic N) is 3. The smallest absolute Gasteiger partial charge is 0.200 e. The molecule has 0 spiro atoms. The molecule has 0 aliphatic rings. The van der Waals surface area contributed by atoms with Crippen molar-refractivity contribution >= 4 is 11.9 Å². The topological polar surface area (TPSA) is 66.0 Å². The van der Waals surface area contributed by atoms with Crippen LogP contribution >= 0.6 is 0 Å². The van der Waals surface area contributed by atoms with Crippen LogP contribution in [0.1, 0.15) is 6.92 Å². The zero-order valence-electron chi connectivity index (χ0n) is 8.13. The van der Waals surface area contributed by atoms with Crippen LogP contribution in [0.5, 0.6) is 0 Å². The molecule has 5 heteroatoms. The Balaban J connectivity index is 4.25. The van der Waals surface area contributed by atoms with Crippen molar-refractivity contribution in [2.75, 3.05) is 27.7 Å². The van der Waals surface area contributed by atoms with Gasteiger partial charge in [0.2, 0.25) is 0 Å². The molecule has 0 heterocycles. The molecule has 5 nitrogen and oxygen atoms in total. The van der Waals surface area contributed by atoms with E-state index in [1.54, 1.807) is 7.05 Å². The molecule has 0 aromatic heterocycles. The predicted octanol–water partition coefficient (Wildman–Crippen LogP) is -0.542. The van der Waals surface area contributed by atoms with Crippen LogP contribution in [0.25, 0.3) is 0 Å². The van der Waals surface area contributed by atoms with Crippen molar-refractivity contribution < 1.29 is 0 Å². The molecule has 0 aromatic rings. The molecule has 0 atom stereocenters. The summed E-state index contributed by atoms with van der Waals surface area (Å²) in [5.41, 5.74) is 5.47. The van der Waals surface area contributed by atoms with Crippen molar-refractivity contribution in [2.24, 2.45) is 15.7 Å². The Labute approximate surface area is 73.4 Å². The number of nitrogens with two attached hydrogens (primary N) is 1. The van der Waals surface area contributed by atoms with Crippen LogP contribution in [0.4, 0.5) is 0 Å². The van der Waals surface area contributed by atoms with E-state index in [0.29, 0.717) is 5.96 Å². The van der Waals surface area contributed by atoms with Gasteiger partial charge in [-0.3, -0.25) is 15.3 Å². The maximum Gasteiger partial charge on any atom is 0.200 e. The van der Waals surface area contributed by atoms with Gasteiger partial charge in [0.25, 0.3) is 0 Å². The van der Waals surface area contributed by atoms with Crippen LogP contribution in [-0.4, -0.2) is 44.5 Å². The highest BCUT2D eigenvalue weighted by atomic mass is 15.3. The Morgan fingerprint density at radius 3 is 2.42 bits per heavy atom. The van der Waals surface area contributed by atoms with Crippen LogP contribution < -0.4 is 11.1 Å². The molecular formula is C7H17N5. The van der Waals surface area contributed by atoms with E-state index in [1.807, 2.05) is 25.9 Å². The Kier molecular flexibility index (Phi) is 4.83. The number of nitrogens with one attached hydrogen (secondary N) is 1. The highest BCUT2D eigenvalue weighted by Crippen LogP contribution is 1.79. The Hall–Kier alpha value is -1.26. The van der Waals surface area contributed by atoms with Crippen molar-refractivity contribution in [1.82, 2.24) is 10.2 Å². The van der Waals surface area contributed by atoms with Crippen LogP contribution in [-0.2, 0) is 0 Å². The summed E-state index contributed by atoms with van der Waals surface area (Å²) < 4.78 is 0. The lowest BCUT2D eigenvalue weighted by molar-refractivity contribution is 0.600.